The van der Waals surface area contributed by atoms with Crippen LogP contribution in [0.2, 0.25) is 0 Å². The lowest BCUT2D eigenvalue weighted by molar-refractivity contribution is 1.18. The number of hydrogen-bond acceptors (Lipinski definition) is 0. The first-order valence-electron chi connectivity index (χ1n) is 18.0. The van der Waals surface area contributed by atoms with Gasteiger partial charge in [-0.3, -0.25) is 0 Å². The topological polar surface area (TPSA) is 18.7 Å². The molecule has 0 bridgehead atoms. The van der Waals surface area contributed by atoms with Crippen molar-refractivity contribution in [3.8, 4) is 11.4 Å². The van der Waals surface area contributed by atoms with Crippen molar-refractivity contribution in [1.29, 1.82) is 0 Å². The lowest BCUT2D eigenvalue weighted by Crippen LogP contribution is -1.96. The Morgan fingerprint density at radius 2 is 0.731 bits per heavy atom. The van der Waals surface area contributed by atoms with Gasteiger partial charge in [0.15, 0.2) is 0 Å². The summed E-state index contributed by atoms with van der Waals surface area (Å²) in [7, 11) is 0. The maximum atomic E-state index is 2.54. The Balaban J connectivity index is 1.25. The van der Waals surface area contributed by atoms with Crippen LogP contribution in [0.1, 0.15) is 0 Å². The molecule has 0 fully saturated rings. The first-order valence-corrected chi connectivity index (χ1v) is 18.0. The predicted molar refractivity (Wildman–Crippen MR) is 218 cm³/mol. The van der Waals surface area contributed by atoms with Gasteiger partial charge >= 0.3 is 0 Å². The van der Waals surface area contributed by atoms with Crippen molar-refractivity contribution in [2.45, 2.75) is 0 Å². The highest BCUT2D eigenvalue weighted by Gasteiger charge is 2.25. The van der Waals surface area contributed by atoms with E-state index in [1.165, 1.54) is 110 Å². The number of hydrogen-bond donors (Lipinski definition) is 0. The summed E-state index contributed by atoms with van der Waals surface area (Å²) in [5, 5.41) is 10.2. The number of benzene rings is 8. The van der Waals surface area contributed by atoms with E-state index >= 15 is 0 Å². The van der Waals surface area contributed by atoms with E-state index in [1.807, 2.05) is 0 Å². The zero-order valence-electron chi connectivity index (χ0n) is 28.0. The first kappa shape index (κ1) is 26.8. The van der Waals surface area contributed by atoms with Crippen LogP contribution in [0.5, 0.6) is 0 Å². The zero-order chi connectivity index (χ0) is 33.7. The third-order valence-electron chi connectivity index (χ3n) is 11.6. The van der Waals surface area contributed by atoms with Gasteiger partial charge < -0.3 is 17.9 Å². The summed E-state index contributed by atoms with van der Waals surface area (Å²) in [5.74, 6) is 0. The van der Waals surface area contributed by atoms with Gasteiger partial charge in [-0.25, -0.2) is 0 Å². The molecule has 0 saturated heterocycles. The highest BCUT2D eigenvalue weighted by molar-refractivity contribution is 6.30. The van der Waals surface area contributed by atoms with Gasteiger partial charge in [0.05, 0.1) is 55.2 Å². The van der Waals surface area contributed by atoms with E-state index in [0.29, 0.717) is 0 Å². The summed E-state index contributed by atoms with van der Waals surface area (Å²) in [5.41, 5.74) is 14.7. The third-order valence-corrected chi connectivity index (χ3v) is 11.6. The largest absolute Gasteiger partial charge is 0.309 e. The van der Waals surface area contributed by atoms with Crippen LogP contribution in [-0.4, -0.2) is 17.9 Å². The molecule has 0 aliphatic heterocycles. The van der Waals surface area contributed by atoms with Gasteiger partial charge in [0.2, 0.25) is 0 Å². The van der Waals surface area contributed by atoms with Crippen molar-refractivity contribution in [3.05, 3.63) is 170 Å². The van der Waals surface area contributed by atoms with Gasteiger partial charge in [-0.1, -0.05) is 103 Å². The van der Waals surface area contributed by atoms with Crippen LogP contribution in [0.4, 0.5) is 0 Å². The number of fused-ring (bicyclic) bond motifs is 15. The quantitative estimate of drug-likeness (QED) is 0.164. The summed E-state index contributed by atoms with van der Waals surface area (Å²) in [6.07, 6.45) is 0. The Labute approximate surface area is 296 Å². The van der Waals surface area contributed by atoms with Gasteiger partial charge in [0.25, 0.3) is 0 Å². The molecule has 0 N–H and O–H groups in total. The zero-order valence-corrected chi connectivity index (χ0v) is 28.0. The molecule has 0 aliphatic carbocycles. The monoisotopic (exact) mass is 660 g/mol. The second-order valence-electron chi connectivity index (χ2n) is 14.1. The Morgan fingerprint density at radius 1 is 0.250 bits per heavy atom. The minimum atomic E-state index is 1.17. The summed E-state index contributed by atoms with van der Waals surface area (Å²) >= 11 is 0. The molecular formula is C48H28N4. The lowest BCUT2D eigenvalue weighted by atomic mass is 10.1. The number of para-hydroxylation sites is 6. The second-order valence-corrected chi connectivity index (χ2v) is 14.1. The number of nitrogens with zero attached hydrogens (tertiary/aromatic N) is 4. The molecule has 13 aromatic rings. The average molecular weight is 661 g/mol. The molecule has 4 heteroatoms. The Morgan fingerprint density at radius 3 is 1.46 bits per heavy atom. The fraction of sp³-hybridized carbons (Fsp3) is 0. The third kappa shape index (κ3) is 3.11. The van der Waals surface area contributed by atoms with Crippen LogP contribution < -0.4 is 0 Å². The van der Waals surface area contributed by atoms with E-state index in [4.69, 9.17) is 0 Å². The standard InChI is InChI=1S/C48H28N4/c1-3-13-29(14-4-1)49-38-21-9-8-18-32(38)36-27-44-37(28-43(36)49)33-19-11-23-41-46(33)52(44)42-24-12-20-35-45-40(51(41)47(35)42)26-25-34-31-17-7-10-22-39(31)50(48(34)45)30-15-5-2-6-16-30/h1-28H. The van der Waals surface area contributed by atoms with Gasteiger partial charge in [-0.15, -0.1) is 0 Å². The lowest BCUT2D eigenvalue weighted by Gasteiger charge is -2.11. The summed E-state index contributed by atoms with van der Waals surface area (Å²) in [6, 6.07) is 62.5. The molecule has 240 valence electrons. The average Bonchev–Trinajstić information content (AvgIpc) is 3.93. The smallest absolute Gasteiger partial charge is 0.0784 e. The molecule has 0 amide bonds. The minimum Gasteiger partial charge on any atom is -0.309 e. The van der Waals surface area contributed by atoms with Crippen LogP contribution in [-0.2, 0) is 0 Å². The second kappa shape index (κ2) is 9.39. The molecule has 0 saturated carbocycles. The first-order chi connectivity index (χ1) is 25.8. The highest BCUT2D eigenvalue weighted by atomic mass is 15.0. The highest BCUT2D eigenvalue weighted by Crippen LogP contribution is 2.46. The molecule has 5 heterocycles. The van der Waals surface area contributed by atoms with Crippen LogP contribution in [0.15, 0.2) is 170 Å². The Hall–Kier alpha value is -7.04. The van der Waals surface area contributed by atoms with Crippen LogP contribution in [0.3, 0.4) is 0 Å². The summed E-state index contributed by atoms with van der Waals surface area (Å²) in [4.78, 5) is 0. The molecule has 5 aromatic heterocycles. The fourth-order valence-electron chi connectivity index (χ4n) is 9.66. The van der Waals surface area contributed by atoms with Crippen LogP contribution in [0.25, 0.3) is 110 Å². The van der Waals surface area contributed by atoms with Crippen molar-refractivity contribution in [1.82, 2.24) is 17.9 Å². The number of aromatic nitrogens is 4. The van der Waals surface area contributed by atoms with Gasteiger partial charge in [-0.05, 0) is 66.7 Å². The summed E-state index contributed by atoms with van der Waals surface area (Å²) < 4.78 is 9.97. The molecule has 8 aromatic carbocycles. The van der Waals surface area contributed by atoms with E-state index < -0.39 is 0 Å². The molecule has 0 radical (unpaired) electrons. The van der Waals surface area contributed by atoms with Crippen molar-refractivity contribution in [2.75, 3.05) is 0 Å². The van der Waals surface area contributed by atoms with Gasteiger partial charge in [0, 0.05) is 54.5 Å². The molecule has 52 heavy (non-hydrogen) atoms. The van der Waals surface area contributed by atoms with E-state index in [-0.39, 0.29) is 0 Å². The molecular weight excluding hydrogens is 633 g/mol. The van der Waals surface area contributed by atoms with E-state index in [0.717, 1.165) is 0 Å². The van der Waals surface area contributed by atoms with Crippen molar-refractivity contribution in [3.63, 3.8) is 0 Å². The maximum absolute atomic E-state index is 2.54. The van der Waals surface area contributed by atoms with Crippen LogP contribution >= 0.6 is 0 Å². The SMILES string of the molecule is c1ccc(-n2c3ccccc3c3cc4c(cc32)c2cccc3c2n4c2cccc4c5c6c(ccc5n3c42)c2ccccc2n6-c2ccccc2)cc1. The normalized spacial score (nSPS) is 12.6. The molecule has 0 aliphatic rings. The van der Waals surface area contributed by atoms with Crippen LogP contribution in [0, 0.1) is 0 Å². The van der Waals surface area contributed by atoms with Gasteiger partial charge in [0.1, 0.15) is 0 Å². The van der Waals surface area contributed by atoms with Crippen molar-refractivity contribution in [2.24, 2.45) is 0 Å². The van der Waals surface area contributed by atoms with E-state index in [2.05, 4.69) is 188 Å². The fourth-order valence-corrected chi connectivity index (χ4v) is 9.66. The van der Waals surface area contributed by atoms with Crippen molar-refractivity contribution < 1.29 is 0 Å². The molecule has 0 unspecified atom stereocenters. The molecule has 0 atom stereocenters. The maximum Gasteiger partial charge on any atom is 0.0784 e. The Bertz CT molecular complexity index is 3610. The molecule has 4 nitrogen and oxygen atoms in total. The molecule has 0 spiro atoms. The van der Waals surface area contributed by atoms with Crippen molar-refractivity contribution >= 4 is 98.3 Å². The van der Waals surface area contributed by atoms with E-state index in [1.54, 1.807) is 0 Å². The minimum absolute atomic E-state index is 1.17. The number of rotatable bonds is 2. The van der Waals surface area contributed by atoms with E-state index in [9.17, 15) is 0 Å². The summed E-state index contributed by atoms with van der Waals surface area (Å²) in [6.45, 7) is 0. The Kier molecular flexibility index (Phi) is 4.83. The molecule has 13 rings (SSSR count). The van der Waals surface area contributed by atoms with Gasteiger partial charge in [-0.2, -0.15) is 0 Å². The predicted octanol–water partition coefficient (Wildman–Crippen LogP) is 12.4.